The van der Waals surface area contributed by atoms with Crippen molar-refractivity contribution < 1.29 is 19.1 Å². The summed E-state index contributed by atoms with van der Waals surface area (Å²) >= 11 is 0. The fourth-order valence-corrected chi connectivity index (χ4v) is 1.37. The second kappa shape index (κ2) is 12.4. The van der Waals surface area contributed by atoms with Crippen LogP contribution in [0.1, 0.15) is 44.9 Å². The normalized spacial score (nSPS) is 9.16. The van der Waals surface area contributed by atoms with E-state index < -0.39 is 0 Å². The quantitative estimate of drug-likeness (QED) is 0.343. The number of carbonyl (C=O) groups is 2. The van der Waals surface area contributed by atoms with E-state index in [0.29, 0.717) is 12.8 Å². The molecule has 0 aliphatic heterocycles. The Bertz CT molecular complexity index is 351. The third-order valence-corrected chi connectivity index (χ3v) is 2.31. The van der Waals surface area contributed by atoms with Crippen molar-refractivity contribution in [1.29, 1.82) is 5.26 Å². The molecule has 5 heteroatoms. The van der Waals surface area contributed by atoms with Crippen LogP contribution < -0.4 is 0 Å². The van der Waals surface area contributed by atoms with Gasteiger partial charge in [-0.15, -0.1) is 6.42 Å². The number of ether oxygens (including phenoxy) is 2. The van der Waals surface area contributed by atoms with Crippen LogP contribution >= 0.6 is 0 Å². The van der Waals surface area contributed by atoms with Gasteiger partial charge in [-0.1, -0.05) is 18.8 Å². The van der Waals surface area contributed by atoms with E-state index in [9.17, 15) is 9.59 Å². The van der Waals surface area contributed by atoms with Crippen LogP contribution in [-0.4, -0.2) is 25.2 Å². The first-order valence-corrected chi connectivity index (χ1v) is 6.32. The second-order valence-corrected chi connectivity index (χ2v) is 3.91. The van der Waals surface area contributed by atoms with Gasteiger partial charge in [0, 0.05) is 12.8 Å². The van der Waals surface area contributed by atoms with Gasteiger partial charge in [-0.2, -0.15) is 5.26 Å². The van der Waals surface area contributed by atoms with Gasteiger partial charge in [-0.25, -0.2) is 0 Å². The number of terminal acetylenes is 1. The van der Waals surface area contributed by atoms with Gasteiger partial charge in [0.15, 0.2) is 6.61 Å². The Morgan fingerprint density at radius 3 is 2.11 bits per heavy atom. The monoisotopic (exact) mass is 265 g/mol. The summed E-state index contributed by atoms with van der Waals surface area (Å²) in [5.74, 6) is 1.67. The molecule has 0 aromatic heterocycles. The van der Waals surface area contributed by atoms with Gasteiger partial charge in [0.2, 0.25) is 0 Å². The lowest BCUT2D eigenvalue weighted by Gasteiger charge is -2.03. The highest BCUT2D eigenvalue weighted by Crippen LogP contribution is 2.07. The molecule has 0 radical (unpaired) electrons. The minimum atomic E-state index is -0.283. The zero-order chi connectivity index (χ0) is 14.3. The van der Waals surface area contributed by atoms with Gasteiger partial charge in [0.1, 0.15) is 6.61 Å². The molecule has 0 spiro atoms. The van der Waals surface area contributed by atoms with Crippen molar-refractivity contribution in [2.45, 2.75) is 44.9 Å². The Kier molecular flexibility index (Phi) is 11.1. The number of esters is 2. The maximum absolute atomic E-state index is 11.2. The summed E-state index contributed by atoms with van der Waals surface area (Å²) < 4.78 is 9.53. The number of hydrogen-bond acceptors (Lipinski definition) is 5. The van der Waals surface area contributed by atoms with E-state index in [1.165, 1.54) is 0 Å². The molecule has 104 valence electrons. The molecule has 0 heterocycles. The molecule has 0 aliphatic carbocycles. The Labute approximate surface area is 113 Å². The molecule has 0 amide bonds. The highest BCUT2D eigenvalue weighted by molar-refractivity contribution is 5.69. The fourth-order valence-electron chi connectivity index (χ4n) is 1.37. The molecule has 0 N–H and O–H groups in total. The van der Waals surface area contributed by atoms with E-state index in [1.54, 1.807) is 0 Å². The Morgan fingerprint density at radius 1 is 1.00 bits per heavy atom. The molecule has 19 heavy (non-hydrogen) atoms. The molecular formula is C14H19NO4. The van der Waals surface area contributed by atoms with Crippen molar-refractivity contribution in [3.05, 3.63) is 0 Å². The van der Waals surface area contributed by atoms with E-state index in [2.05, 4.69) is 5.92 Å². The second-order valence-electron chi connectivity index (χ2n) is 3.91. The zero-order valence-electron chi connectivity index (χ0n) is 11.0. The Morgan fingerprint density at radius 2 is 1.58 bits per heavy atom. The summed E-state index contributed by atoms with van der Waals surface area (Å²) in [6, 6.07) is 1.90. The summed E-state index contributed by atoms with van der Waals surface area (Å²) in [7, 11) is 0. The smallest absolute Gasteiger partial charge is 0.306 e. The molecule has 0 unspecified atom stereocenters. The highest BCUT2D eigenvalue weighted by Gasteiger charge is 2.04. The molecule has 0 fully saturated rings. The minimum absolute atomic E-state index is 0.0212. The van der Waals surface area contributed by atoms with Crippen LogP contribution in [0.25, 0.3) is 0 Å². The first kappa shape index (κ1) is 17.0. The number of unbranched alkanes of at least 4 members (excludes halogenated alkanes) is 3. The van der Waals surface area contributed by atoms with Crippen LogP contribution in [0.15, 0.2) is 0 Å². The number of nitriles is 1. The van der Waals surface area contributed by atoms with Crippen molar-refractivity contribution in [2.24, 2.45) is 0 Å². The Balaban J connectivity index is 3.31. The SMILES string of the molecule is C#CCOC(=O)CCCCCCC(=O)OCCC#N. The predicted molar refractivity (Wildman–Crippen MR) is 68.7 cm³/mol. The number of nitrogens with zero attached hydrogens (tertiary/aromatic N) is 1. The van der Waals surface area contributed by atoms with E-state index in [0.717, 1.165) is 25.7 Å². The molecule has 0 atom stereocenters. The summed E-state index contributed by atoms with van der Waals surface area (Å²) in [6.07, 6.45) is 9.06. The third kappa shape index (κ3) is 12.2. The fraction of sp³-hybridized carbons (Fsp3) is 0.643. The third-order valence-electron chi connectivity index (χ3n) is 2.31. The standard InChI is InChI=1S/C14H19NO4/c1-2-11-18-13(16)8-5-3-4-6-9-14(17)19-12-7-10-15/h1H,3-9,11-12H2. The molecule has 0 rings (SSSR count). The van der Waals surface area contributed by atoms with Crippen molar-refractivity contribution in [2.75, 3.05) is 13.2 Å². The van der Waals surface area contributed by atoms with Gasteiger partial charge < -0.3 is 9.47 Å². The maximum atomic E-state index is 11.2. The largest absolute Gasteiger partial charge is 0.465 e. The summed E-state index contributed by atoms with van der Waals surface area (Å²) in [6.45, 7) is 0.184. The van der Waals surface area contributed by atoms with E-state index in [1.807, 2.05) is 6.07 Å². The van der Waals surface area contributed by atoms with Crippen molar-refractivity contribution >= 4 is 11.9 Å². The Hall–Kier alpha value is -2.01. The van der Waals surface area contributed by atoms with Crippen LogP contribution in [0.5, 0.6) is 0 Å². The van der Waals surface area contributed by atoms with Gasteiger partial charge in [0.25, 0.3) is 0 Å². The maximum Gasteiger partial charge on any atom is 0.306 e. The zero-order valence-corrected chi connectivity index (χ0v) is 11.0. The van der Waals surface area contributed by atoms with Crippen molar-refractivity contribution in [1.82, 2.24) is 0 Å². The predicted octanol–water partition coefficient (Wildman–Crippen LogP) is 1.96. The van der Waals surface area contributed by atoms with Gasteiger partial charge in [0.05, 0.1) is 12.5 Å². The van der Waals surface area contributed by atoms with Crippen LogP contribution in [0, 0.1) is 23.7 Å². The van der Waals surface area contributed by atoms with Crippen molar-refractivity contribution in [3.8, 4) is 18.4 Å². The molecule has 0 aromatic rings. The molecule has 5 nitrogen and oxygen atoms in total. The van der Waals surface area contributed by atoms with Crippen LogP contribution in [0.3, 0.4) is 0 Å². The average molecular weight is 265 g/mol. The van der Waals surface area contributed by atoms with Gasteiger partial charge in [-0.05, 0) is 12.8 Å². The van der Waals surface area contributed by atoms with Gasteiger partial charge >= 0.3 is 11.9 Å². The minimum Gasteiger partial charge on any atom is -0.465 e. The first-order chi connectivity index (χ1) is 9.20. The van der Waals surface area contributed by atoms with Crippen LogP contribution in [0.2, 0.25) is 0 Å². The molecule has 0 saturated heterocycles. The average Bonchev–Trinajstić information content (AvgIpc) is 2.40. The number of carbonyl (C=O) groups excluding carboxylic acids is 2. The lowest BCUT2D eigenvalue weighted by atomic mass is 10.1. The van der Waals surface area contributed by atoms with Crippen LogP contribution in [-0.2, 0) is 19.1 Å². The van der Waals surface area contributed by atoms with E-state index in [-0.39, 0.29) is 31.6 Å². The first-order valence-electron chi connectivity index (χ1n) is 6.32. The van der Waals surface area contributed by atoms with Crippen LogP contribution in [0.4, 0.5) is 0 Å². The molecule has 0 aliphatic rings. The molecule has 0 bridgehead atoms. The lowest BCUT2D eigenvalue weighted by Crippen LogP contribution is -2.05. The van der Waals surface area contributed by atoms with Crippen molar-refractivity contribution in [3.63, 3.8) is 0 Å². The highest BCUT2D eigenvalue weighted by atomic mass is 16.5. The van der Waals surface area contributed by atoms with E-state index >= 15 is 0 Å². The number of rotatable bonds is 10. The summed E-state index contributed by atoms with van der Waals surface area (Å²) in [4.78, 5) is 22.2. The summed E-state index contributed by atoms with van der Waals surface area (Å²) in [5, 5.41) is 8.26. The van der Waals surface area contributed by atoms with E-state index in [4.69, 9.17) is 21.2 Å². The molecule has 0 saturated carbocycles. The molecular weight excluding hydrogens is 246 g/mol. The van der Waals surface area contributed by atoms with Gasteiger partial charge in [-0.3, -0.25) is 9.59 Å². The topological polar surface area (TPSA) is 76.4 Å². The summed E-state index contributed by atoms with van der Waals surface area (Å²) in [5.41, 5.74) is 0. The molecule has 0 aromatic carbocycles. The number of hydrogen-bond donors (Lipinski definition) is 0. The lowest BCUT2D eigenvalue weighted by molar-refractivity contribution is -0.144.